The third-order valence-corrected chi connectivity index (χ3v) is 3.28. The molecule has 6 heteroatoms. The van der Waals surface area contributed by atoms with Crippen LogP contribution < -0.4 is 10.6 Å². The Kier molecular flexibility index (Phi) is 4.21. The molecule has 6 nitrogen and oxygen atoms in total. The summed E-state index contributed by atoms with van der Waals surface area (Å²) in [4.78, 5) is 12.6. The van der Waals surface area contributed by atoms with Gasteiger partial charge in [0.25, 0.3) is 5.69 Å². The lowest BCUT2D eigenvalue weighted by Gasteiger charge is -2.34. The van der Waals surface area contributed by atoms with Crippen molar-refractivity contribution in [2.75, 3.05) is 30.3 Å². The molecule has 0 saturated carbocycles. The summed E-state index contributed by atoms with van der Waals surface area (Å²) in [6, 6.07) is 4.74. The van der Waals surface area contributed by atoms with Gasteiger partial charge in [-0.1, -0.05) is 0 Å². The van der Waals surface area contributed by atoms with E-state index in [1.807, 2.05) is 6.92 Å². The molecular formula is C13H19N3O3. The topological polar surface area (TPSA) is 81.6 Å². The fourth-order valence-electron chi connectivity index (χ4n) is 2.45. The first kappa shape index (κ1) is 13.6. The molecular weight excluding hydrogens is 246 g/mol. The molecule has 0 spiro atoms. The molecule has 1 aliphatic rings. The zero-order valence-corrected chi connectivity index (χ0v) is 11.0. The van der Waals surface area contributed by atoms with E-state index >= 15 is 0 Å². The van der Waals surface area contributed by atoms with Crippen molar-refractivity contribution in [2.45, 2.75) is 25.9 Å². The van der Waals surface area contributed by atoms with E-state index in [1.165, 1.54) is 6.07 Å². The molecule has 1 aromatic carbocycles. The number of ether oxygens (including phenoxy) is 1. The number of non-ortho nitro benzene ring substituents is 1. The van der Waals surface area contributed by atoms with Crippen LogP contribution in [0.5, 0.6) is 0 Å². The molecule has 0 radical (unpaired) electrons. The van der Waals surface area contributed by atoms with Crippen LogP contribution in [0.4, 0.5) is 17.1 Å². The van der Waals surface area contributed by atoms with Crippen LogP contribution in [0.1, 0.15) is 19.8 Å². The van der Waals surface area contributed by atoms with Crippen LogP contribution in [0.15, 0.2) is 18.2 Å². The van der Waals surface area contributed by atoms with Crippen molar-refractivity contribution in [2.24, 2.45) is 0 Å². The van der Waals surface area contributed by atoms with Crippen molar-refractivity contribution in [3.63, 3.8) is 0 Å². The first-order valence-electron chi connectivity index (χ1n) is 6.51. The average Bonchev–Trinajstić information content (AvgIpc) is 2.38. The summed E-state index contributed by atoms with van der Waals surface area (Å²) in [5.41, 5.74) is 6.99. The fourth-order valence-corrected chi connectivity index (χ4v) is 2.45. The quantitative estimate of drug-likeness (QED) is 0.512. The maximum absolute atomic E-state index is 10.9. The van der Waals surface area contributed by atoms with Crippen LogP contribution >= 0.6 is 0 Å². The van der Waals surface area contributed by atoms with Crippen molar-refractivity contribution in [1.29, 1.82) is 0 Å². The van der Waals surface area contributed by atoms with Crippen molar-refractivity contribution in [1.82, 2.24) is 0 Å². The molecule has 1 heterocycles. The summed E-state index contributed by atoms with van der Waals surface area (Å²) in [5, 5.41) is 10.9. The molecule has 0 aromatic heterocycles. The highest BCUT2D eigenvalue weighted by Gasteiger charge is 2.22. The summed E-state index contributed by atoms with van der Waals surface area (Å²) in [5.74, 6) is 0. The highest BCUT2D eigenvalue weighted by atomic mass is 16.6. The minimum absolute atomic E-state index is 0.0357. The van der Waals surface area contributed by atoms with E-state index in [-0.39, 0.29) is 11.8 Å². The number of piperidine rings is 1. The minimum atomic E-state index is -0.413. The fraction of sp³-hybridized carbons (Fsp3) is 0.538. The van der Waals surface area contributed by atoms with Crippen LogP contribution in [-0.4, -0.2) is 30.7 Å². The number of rotatable bonds is 4. The number of nitrogen functional groups attached to an aromatic ring is 1. The first-order chi connectivity index (χ1) is 9.10. The van der Waals surface area contributed by atoms with Gasteiger partial charge < -0.3 is 15.4 Å². The van der Waals surface area contributed by atoms with E-state index in [9.17, 15) is 10.1 Å². The monoisotopic (exact) mass is 265 g/mol. The van der Waals surface area contributed by atoms with Crippen LogP contribution in [0.25, 0.3) is 0 Å². The average molecular weight is 265 g/mol. The zero-order valence-electron chi connectivity index (χ0n) is 11.0. The Balaban J connectivity index is 2.18. The van der Waals surface area contributed by atoms with Gasteiger partial charge in [-0.15, -0.1) is 0 Å². The summed E-state index contributed by atoms with van der Waals surface area (Å²) in [6.07, 6.45) is 2.25. The molecule has 104 valence electrons. The van der Waals surface area contributed by atoms with Gasteiger partial charge in [0.1, 0.15) is 0 Å². The number of hydrogen-bond acceptors (Lipinski definition) is 5. The van der Waals surface area contributed by atoms with E-state index in [4.69, 9.17) is 10.5 Å². The number of benzene rings is 1. The van der Waals surface area contributed by atoms with Gasteiger partial charge in [-0.3, -0.25) is 10.1 Å². The van der Waals surface area contributed by atoms with Crippen LogP contribution in [0, 0.1) is 10.1 Å². The third kappa shape index (κ3) is 3.35. The molecule has 0 bridgehead atoms. The maximum atomic E-state index is 10.9. The number of nitrogens with two attached hydrogens (primary N) is 1. The van der Waals surface area contributed by atoms with Gasteiger partial charge in [-0.25, -0.2) is 0 Å². The Labute approximate surface area is 112 Å². The van der Waals surface area contributed by atoms with E-state index in [1.54, 1.807) is 12.1 Å². The van der Waals surface area contributed by atoms with Gasteiger partial charge in [-0.05, 0) is 25.8 Å². The van der Waals surface area contributed by atoms with Gasteiger partial charge in [-0.2, -0.15) is 0 Å². The Morgan fingerprint density at radius 3 is 3.00 bits per heavy atom. The van der Waals surface area contributed by atoms with Crippen molar-refractivity contribution in [3.8, 4) is 0 Å². The second-order valence-electron chi connectivity index (χ2n) is 4.71. The van der Waals surface area contributed by atoms with Crippen LogP contribution in [0.2, 0.25) is 0 Å². The first-order valence-corrected chi connectivity index (χ1v) is 6.51. The van der Waals surface area contributed by atoms with E-state index < -0.39 is 4.92 Å². The standard InChI is InChI=1S/C13H19N3O3/c1-2-19-13-4-3-5-15(9-13)11-6-10(14)7-12(8-11)16(17)18/h6-8,13H,2-5,9,14H2,1H3. The van der Waals surface area contributed by atoms with Gasteiger partial charge in [0, 0.05) is 43.2 Å². The SMILES string of the molecule is CCOC1CCCN(c2cc(N)cc([N+](=O)[O-])c2)C1. The second kappa shape index (κ2) is 5.88. The molecule has 19 heavy (non-hydrogen) atoms. The molecule has 1 atom stereocenters. The predicted octanol–water partition coefficient (Wildman–Crippen LogP) is 2.18. The maximum Gasteiger partial charge on any atom is 0.273 e. The van der Waals surface area contributed by atoms with Gasteiger partial charge >= 0.3 is 0 Å². The summed E-state index contributed by atoms with van der Waals surface area (Å²) in [6.45, 7) is 4.30. The van der Waals surface area contributed by atoms with E-state index in [0.717, 1.165) is 31.6 Å². The molecule has 1 unspecified atom stereocenters. The summed E-state index contributed by atoms with van der Waals surface area (Å²) in [7, 11) is 0. The summed E-state index contributed by atoms with van der Waals surface area (Å²) < 4.78 is 5.64. The molecule has 2 rings (SSSR count). The minimum Gasteiger partial charge on any atom is -0.398 e. The number of anilines is 2. The number of nitro benzene ring substituents is 1. The molecule has 0 amide bonds. The Bertz CT molecular complexity index is 462. The Morgan fingerprint density at radius 1 is 1.53 bits per heavy atom. The van der Waals surface area contributed by atoms with Gasteiger partial charge in [0.15, 0.2) is 0 Å². The molecule has 1 aliphatic heterocycles. The van der Waals surface area contributed by atoms with E-state index in [0.29, 0.717) is 12.3 Å². The lowest BCUT2D eigenvalue weighted by molar-refractivity contribution is -0.384. The largest absolute Gasteiger partial charge is 0.398 e. The van der Waals surface area contributed by atoms with Crippen molar-refractivity contribution in [3.05, 3.63) is 28.3 Å². The lowest BCUT2D eigenvalue weighted by atomic mass is 10.1. The van der Waals surface area contributed by atoms with Gasteiger partial charge in [0.05, 0.1) is 11.0 Å². The lowest BCUT2D eigenvalue weighted by Crippen LogP contribution is -2.39. The number of nitro groups is 1. The Morgan fingerprint density at radius 2 is 2.32 bits per heavy atom. The normalized spacial score (nSPS) is 19.4. The molecule has 1 aromatic rings. The molecule has 0 aliphatic carbocycles. The number of hydrogen-bond donors (Lipinski definition) is 1. The van der Waals surface area contributed by atoms with Crippen LogP contribution in [-0.2, 0) is 4.74 Å². The third-order valence-electron chi connectivity index (χ3n) is 3.28. The van der Waals surface area contributed by atoms with Crippen molar-refractivity contribution < 1.29 is 9.66 Å². The molecule has 1 saturated heterocycles. The second-order valence-corrected chi connectivity index (χ2v) is 4.71. The van der Waals surface area contributed by atoms with E-state index in [2.05, 4.69) is 4.90 Å². The number of nitrogens with zero attached hydrogens (tertiary/aromatic N) is 2. The highest BCUT2D eigenvalue weighted by Crippen LogP contribution is 2.28. The molecule has 2 N–H and O–H groups in total. The zero-order chi connectivity index (χ0) is 13.8. The Hall–Kier alpha value is -1.82. The van der Waals surface area contributed by atoms with Crippen LogP contribution in [0.3, 0.4) is 0 Å². The highest BCUT2D eigenvalue weighted by molar-refractivity contribution is 5.63. The smallest absolute Gasteiger partial charge is 0.273 e. The predicted molar refractivity (Wildman–Crippen MR) is 74.4 cm³/mol. The molecule has 1 fully saturated rings. The van der Waals surface area contributed by atoms with Crippen molar-refractivity contribution >= 4 is 17.1 Å². The van der Waals surface area contributed by atoms with Gasteiger partial charge in [0.2, 0.25) is 0 Å². The summed E-state index contributed by atoms with van der Waals surface area (Å²) >= 11 is 0.